The zero-order valence-electron chi connectivity index (χ0n) is 45.8. The number of ketones is 4. The first-order chi connectivity index (χ1) is 38.5. The summed E-state index contributed by atoms with van der Waals surface area (Å²) in [6, 6.07) is 0. The molecule has 30 nitrogen and oxygen atoms in total. The van der Waals surface area contributed by atoms with Crippen LogP contribution in [0.2, 0.25) is 0 Å². The molecule has 0 unspecified atom stereocenters. The number of hydrogen-bond donors (Lipinski definition) is 15. The van der Waals surface area contributed by atoms with Gasteiger partial charge in [-0.2, -0.15) is 0 Å². The molecular weight excluding hydrogens is 1090 g/mol. The number of aliphatic hydroxyl groups is 13. The van der Waals surface area contributed by atoms with Crippen molar-refractivity contribution in [1.29, 1.82) is 0 Å². The molecule has 0 radical (unpaired) electrons. The Morgan fingerprint density at radius 1 is 0.432 bits per heavy atom. The summed E-state index contributed by atoms with van der Waals surface area (Å²) < 4.78 is 44.2. The van der Waals surface area contributed by atoms with E-state index in [0.717, 1.165) is 0 Å². The van der Waals surface area contributed by atoms with Gasteiger partial charge >= 0.3 is 0 Å². The average Bonchev–Trinajstić information content (AvgIpc) is 3.43. The van der Waals surface area contributed by atoms with E-state index in [1.165, 1.54) is 11.8 Å². The van der Waals surface area contributed by atoms with E-state index in [0.29, 0.717) is 32.1 Å². The van der Waals surface area contributed by atoms with Crippen LogP contribution in [-0.2, 0) is 66.7 Å². The van der Waals surface area contributed by atoms with E-state index in [1.54, 1.807) is 0 Å². The van der Waals surface area contributed by atoms with Crippen LogP contribution in [0, 0.1) is 0 Å². The Kier molecular flexibility index (Phi) is 31.1. The molecule has 0 spiro atoms. The predicted octanol–water partition coefficient (Wildman–Crippen LogP) is -6.80. The molecule has 0 aliphatic carbocycles. The maximum atomic E-state index is 13.2. The van der Waals surface area contributed by atoms with Gasteiger partial charge in [0.2, 0.25) is 11.8 Å². The standard InChI is InChI=1S/C51H87N3O27/c1-3-9-27(57)12-8-13-30(60)22-54(20-28(58)10-4-6-14-34(61)52-16-18-74-48-43(70)40(67)36(63)26(2)77-48)21-29(59)11-5-7-15-35(62)53-17-19-75-50-46(73)47(81-51-45(72)42(69)38(65)32(24-56)79-51)39(66)33(80-50)25-76-49-44(71)41(68)37(64)31(23-55)78-49/h26,31-33,36-51,55-56,63-73H,3-25H2,1-2H3,(H,52,61)(H,53,62)/t26-,31+,32+,33+,36+,37+,38+,39+,40+,41-,42-,43-,44-,45-,46-,47-,48+,49-,50-,51+/m0/s1. The van der Waals surface area contributed by atoms with Crippen LogP contribution in [-0.4, -0.2) is 295 Å². The highest BCUT2D eigenvalue weighted by Gasteiger charge is 2.52. The third kappa shape index (κ3) is 22.3. The number of unbranched alkanes of at least 4 members (excludes halogenated alkanes) is 2. The van der Waals surface area contributed by atoms with Gasteiger partial charge in [-0.15, -0.1) is 0 Å². The van der Waals surface area contributed by atoms with E-state index < -0.39 is 149 Å². The third-order valence-corrected chi connectivity index (χ3v) is 14.1. The fourth-order valence-corrected chi connectivity index (χ4v) is 9.38. The fraction of sp³-hybridized carbons (Fsp3) is 0.882. The zero-order chi connectivity index (χ0) is 59.9. The van der Waals surface area contributed by atoms with Crippen molar-refractivity contribution in [2.75, 3.05) is 65.8 Å². The lowest BCUT2D eigenvalue weighted by atomic mass is 9.96. The molecule has 4 fully saturated rings. The van der Waals surface area contributed by atoms with Crippen LogP contribution in [0.25, 0.3) is 0 Å². The van der Waals surface area contributed by atoms with E-state index in [9.17, 15) is 95.2 Å². The van der Waals surface area contributed by atoms with Crippen molar-refractivity contribution in [1.82, 2.24) is 15.5 Å². The highest BCUT2D eigenvalue weighted by molar-refractivity contribution is 5.87. The first kappa shape index (κ1) is 70.2. The van der Waals surface area contributed by atoms with Crippen LogP contribution >= 0.6 is 0 Å². The van der Waals surface area contributed by atoms with Crippen molar-refractivity contribution >= 4 is 34.9 Å². The molecule has 30 heteroatoms. The summed E-state index contributed by atoms with van der Waals surface area (Å²) in [5.41, 5.74) is 0. The van der Waals surface area contributed by atoms with Crippen molar-refractivity contribution < 1.29 is 133 Å². The summed E-state index contributed by atoms with van der Waals surface area (Å²) >= 11 is 0. The van der Waals surface area contributed by atoms with Crippen molar-refractivity contribution in [3.63, 3.8) is 0 Å². The lowest BCUT2D eigenvalue weighted by Gasteiger charge is -2.46. The molecule has 4 aliphatic rings. The first-order valence-corrected chi connectivity index (χ1v) is 27.7. The number of rotatable bonds is 37. The minimum absolute atomic E-state index is 0.00971. The molecule has 0 bridgehead atoms. The number of nitrogens with zero attached hydrogens (tertiary/aromatic N) is 1. The Hall–Kier alpha value is -3.26. The van der Waals surface area contributed by atoms with E-state index in [4.69, 9.17) is 37.9 Å². The Morgan fingerprint density at radius 3 is 1.33 bits per heavy atom. The van der Waals surface area contributed by atoms with Crippen molar-refractivity contribution in [2.45, 2.75) is 220 Å². The summed E-state index contributed by atoms with van der Waals surface area (Å²) in [7, 11) is 0. The molecule has 0 aromatic rings. The second-order valence-electron chi connectivity index (χ2n) is 20.8. The minimum atomic E-state index is -1.95. The highest BCUT2D eigenvalue weighted by Crippen LogP contribution is 2.31. The van der Waals surface area contributed by atoms with E-state index in [2.05, 4.69) is 10.6 Å². The molecule has 468 valence electrons. The Morgan fingerprint density at radius 2 is 0.840 bits per heavy atom. The van der Waals surface area contributed by atoms with Gasteiger partial charge in [0.15, 0.2) is 25.2 Å². The van der Waals surface area contributed by atoms with E-state index in [1.807, 2.05) is 6.92 Å². The second kappa shape index (κ2) is 35.9. The van der Waals surface area contributed by atoms with E-state index in [-0.39, 0.29) is 126 Å². The Labute approximate surface area is 468 Å². The van der Waals surface area contributed by atoms with Gasteiger partial charge in [-0.05, 0) is 45.4 Å². The van der Waals surface area contributed by atoms with Crippen LogP contribution in [0.5, 0.6) is 0 Å². The first-order valence-electron chi connectivity index (χ1n) is 27.7. The molecule has 4 rings (SSSR count). The molecule has 0 saturated carbocycles. The zero-order valence-corrected chi connectivity index (χ0v) is 45.8. The normalized spacial score (nSPS) is 34.4. The van der Waals surface area contributed by atoms with E-state index >= 15 is 0 Å². The number of aliphatic hydroxyl groups excluding tert-OH is 13. The summed E-state index contributed by atoms with van der Waals surface area (Å²) in [6.45, 7) is -0.0259. The summed E-state index contributed by atoms with van der Waals surface area (Å²) in [4.78, 5) is 77.9. The highest BCUT2D eigenvalue weighted by atomic mass is 16.8. The van der Waals surface area contributed by atoms with Gasteiger partial charge in [0.05, 0.1) is 58.8 Å². The van der Waals surface area contributed by atoms with Crippen LogP contribution in [0.3, 0.4) is 0 Å². The number of carbonyl (C=O) groups is 6. The maximum absolute atomic E-state index is 13.2. The number of amides is 2. The lowest BCUT2D eigenvalue weighted by Crippen LogP contribution is -2.65. The number of hydrogen-bond acceptors (Lipinski definition) is 28. The molecule has 20 atom stereocenters. The summed E-state index contributed by atoms with van der Waals surface area (Å²) in [5.74, 6) is -1.55. The second-order valence-corrected chi connectivity index (χ2v) is 20.8. The monoisotopic (exact) mass is 1170 g/mol. The van der Waals surface area contributed by atoms with Crippen LogP contribution in [0.15, 0.2) is 0 Å². The third-order valence-electron chi connectivity index (χ3n) is 14.1. The lowest BCUT2D eigenvalue weighted by molar-refractivity contribution is -0.366. The fourth-order valence-electron chi connectivity index (χ4n) is 9.38. The van der Waals surface area contributed by atoms with Crippen molar-refractivity contribution in [3.8, 4) is 0 Å². The maximum Gasteiger partial charge on any atom is 0.220 e. The van der Waals surface area contributed by atoms with Crippen molar-refractivity contribution in [2.24, 2.45) is 0 Å². The number of Topliss-reactive ketones (excluding diaryl/α,β-unsaturated/α-hetero) is 4. The van der Waals surface area contributed by atoms with Gasteiger partial charge < -0.3 is 115 Å². The van der Waals surface area contributed by atoms with Crippen LogP contribution in [0.4, 0.5) is 0 Å². The predicted molar refractivity (Wildman–Crippen MR) is 271 cm³/mol. The SMILES string of the molecule is CCCC(=O)CCCC(=O)CN(CC(=O)CCCCC(=O)NCCO[C@@H]1O[C@@H](C)[C@@H](O)[C@@H](O)[C@@H]1O)CC(=O)CCCCC(=O)NCCO[C@H]1O[C@H](CO[C@H]2O[C@H](CO)[C@@H](O)[C@H](O)[C@@H]2O)[C@@H](O)[C@H](O[C@H]2O[C@H](CO)[C@@H](O)[C@H](O)[C@@H]2O)[C@@H]1O. The summed E-state index contributed by atoms with van der Waals surface area (Å²) in [5, 5.41) is 139. The molecule has 0 aromatic carbocycles. The van der Waals surface area contributed by atoms with Gasteiger partial charge in [0.1, 0.15) is 115 Å². The average molecular weight is 1170 g/mol. The summed E-state index contributed by atoms with van der Waals surface area (Å²) in [6.07, 6.45) is -29.1. The van der Waals surface area contributed by atoms with Crippen LogP contribution in [0.1, 0.15) is 97.3 Å². The molecule has 4 aliphatic heterocycles. The topological polar surface area (TPSA) is 467 Å². The molecule has 0 aromatic heterocycles. The Balaban J connectivity index is 1.22. The molecule has 81 heavy (non-hydrogen) atoms. The van der Waals surface area contributed by atoms with Gasteiger partial charge in [-0.3, -0.25) is 33.7 Å². The van der Waals surface area contributed by atoms with Gasteiger partial charge in [0, 0.05) is 58.0 Å². The van der Waals surface area contributed by atoms with Gasteiger partial charge in [-0.1, -0.05) is 6.92 Å². The number of carbonyl (C=O) groups excluding carboxylic acids is 6. The van der Waals surface area contributed by atoms with Crippen LogP contribution < -0.4 is 10.6 Å². The Bertz CT molecular complexity index is 1920. The largest absolute Gasteiger partial charge is 0.394 e. The number of ether oxygens (including phenoxy) is 8. The molecule has 4 heterocycles. The quantitative estimate of drug-likeness (QED) is 0.0257. The smallest absolute Gasteiger partial charge is 0.220 e. The molecule has 15 N–H and O–H groups in total. The molecular formula is C51H87N3O27. The molecule has 2 amide bonds. The number of nitrogens with one attached hydrogen (secondary N) is 2. The van der Waals surface area contributed by atoms with Crippen molar-refractivity contribution in [3.05, 3.63) is 0 Å². The van der Waals surface area contributed by atoms with Gasteiger partial charge in [-0.25, -0.2) is 0 Å². The van der Waals surface area contributed by atoms with Gasteiger partial charge in [0.25, 0.3) is 0 Å². The molecule has 4 saturated heterocycles. The minimum Gasteiger partial charge on any atom is -0.394 e.